The van der Waals surface area contributed by atoms with E-state index in [1.165, 1.54) is 16.4 Å². The number of piperidine rings is 1. The maximum absolute atomic E-state index is 13.3. The molecule has 0 bridgehead atoms. The fourth-order valence-electron chi connectivity index (χ4n) is 3.35. The molecule has 1 fully saturated rings. The first kappa shape index (κ1) is 19.5. The topological polar surface area (TPSA) is 66.5 Å². The van der Waals surface area contributed by atoms with Crippen LogP contribution in [0.15, 0.2) is 47.4 Å². The molecule has 1 aliphatic rings. The van der Waals surface area contributed by atoms with Crippen LogP contribution in [0.1, 0.15) is 24.0 Å². The normalized spacial score (nSPS) is 16.3. The molecule has 5 nitrogen and oxygen atoms in total. The van der Waals surface area contributed by atoms with Gasteiger partial charge in [-0.05, 0) is 62.1 Å². The van der Waals surface area contributed by atoms with Gasteiger partial charge in [-0.3, -0.25) is 4.79 Å². The Morgan fingerprint density at radius 3 is 2.37 bits per heavy atom. The highest BCUT2D eigenvalue weighted by molar-refractivity contribution is 7.89. The SMILES string of the molecule is Cc1ccccc1NC(=O)C1CCN(S(=O)(=O)c2ccc(F)cc2C)CC1. The van der Waals surface area contributed by atoms with Crippen molar-refractivity contribution in [3.05, 3.63) is 59.4 Å². The lowest BCUT2D eigenvalue weighted by Gasteiger charge is -2.31. The molecule has 27 heavy (non-hydrogen) atoms. The fraction of sp³-hybridized carbons (Fsp3) is 0.350. The van der Waals surface area contributed by atoms with Gasteiger partial charge in [-0.25, -0.2) is 12.8 Å². The van der Waals surface area contributed by atoms with Crippen molar-refractivity contribution in [1.82, 2.24) is 4.31 Å². The van der Waals surface area contributed by atoms with E-state index < -0.39 is 15.8 Å². The molecule has 7 heteroatoms. The van der Waals surface area contributed by atoms with Gasteiger partial charge < -0.3 is 5.32 Å². The van der Waals surface area contributed by atoms with Crippen LogP contribution in [0.2, 0.25) is 0 Å². The van der Waals surface area contributed by atoms with E-state index in [1.807, 2.05) is 31.2 Å². The van der Waals surface area contributed by atoms with Crippen LogP contribution in [0, 0.1) is 25.6 Å². The van der Waals surface area contributed by atoms with Gasteiger partial charge in [-0.1, -0.05) is 18.2 Å². The first-order chi connectivity index (χ1) is 12.8. The van der Waals surface area contributed by atoms with Crippen LogP contribution in [0.3, 0.4) is 0 Å². The van der Waals surface area contributed by atoms with Crippen LogP contribution in [0.4, 0.5) is 10.1 Å². The molecule has 1 heterocycles. The highest BCUT2D eigenvalue weighted by atomic mass is 32.2. The molecule has 0 aromatic heterocycles. The molecule has 1 aliphatic heterocycles. The Kier molecular flexibility index (Phi) is 5.62. The highest BCUT2D eigenvalue weighted by Gasteiger charge is 2.33. The van der Waals surface area contributed by atoms with E-state index in [4.69, 9.17) is 0 Å². The first-order valence-corrected chi connectivity index (χ1v) is 10.4. The van der Waals surface area contributed by atoms with Crippen molar-refractivity contribution >= 4 is 21.6 Å². The predicted octanol–water partition coefficient (Wildman–Crippen LogP) is 3.48. The summed E-state index contributed by atoms with van der Waals surface area (Å²) in [5.41, 5.74) is 2.14. The number of sulfonamides is 1. The van der Waals surface area contributed by atoms with Gasteiger partial charge in [-0.2, -0.15) is 4.31 Å². The van der Waals surface area contributed by atoms with Gasteiger partial charge >= 0.3 is 0 Å². The Morgan fingerprint density at radius 1 is 1.07 bits per heavy atom. The molecular weight excluding hydrogens is 367 g/mol. The van der Waals surface area contributed by atoms with Crippen molar-refractivity contribution in [3.8, 4) is 0 Å². The quantitative estimate of drug-likeness (QED) is 0.869. The van der Waals surface area contributed by atoms with Gasteiger partial charge in [-0.15, -0.1) is 0 Å². The van der Waals surface area contributed by atoms with Crippen LogP contribution in [-0.2, 0) is 14.8 Å². The van der Waals surface area contributed by atoms with Crippen LogP contribution in [0.25, 0.3) is 0 Å². The third-order valence-electron chi connectivity index (χ3n) is 4.98. The molecule has 0 saturated carbocycles. The second kappa shape index (κ2) is 7.78. The number of aryl methyl sites for hydroxylation is 2. The summed E-state index contributed by atoms with van der Waals surface area (Å²) in [4.78, 5) is 12.6. The van der Waals surface area contributed by atoms with Crippen molar-refractivity contribution in [3.63, 3.8) is 0 Å². The zero-order valence-electron chi connectivity index (χ0n) is 15.4. The van der Waals surface area contributed by atoms with Crippen molar-refractivity contribution in [2.24, 2.45) is 5.92 Å². The Bertz CT molecular complexity index is 951. The summed E-state index contributed by atoms with van der Waals surface area (Å²) in [7, 11) is -3.69. The summed E-state index contributed by atoms with van der Waals surface area (Å²) in [5.74, 6) is -0.775. The van der Waals surface area contributed by atoms with Gasteiger partial charge in [0.25, 0.3) is 0 Å². The van der Waals surface area contributed by atoms with E-state index in [0.29, 0.717) is 18.4 Å². The van der Waals surface area contributed by atoms with E-state index in [-0.39, 0.29) is 29.8 Å². The number of carbonyl (C=O) groups excluding carboxylic acids is 1. The summed E-state index contributed by atoms with van der Waals surface area (Å²) in [6.07, 6.45) is 0.911. The average molecular weight is 390 g/mol. The summed E-state index contributed by atoms with van der Waals surface area (Å²) < 4.78 is 40.3. The maximum Gasteiger partial charge on any atom is 0.243 e. The molecule has 3 rings (SSSR count). The summed E-state index contributed by atoms with van der Waals surface area (Å²) in [6.45, 7) is 4.05. The Morgan fingerprint density at radius 2 is 1.74 bits per heavy atom. The van der Waals surface area contributed by atoms with Gasteiger partial charge in [0.05, 0.1) is 4.90 Å². The number of hydrogen-bond acceptors (Lipinski definition) is 3. The molecule has 0 atom stereocenters. The number of carbonyl (C=O) groups is 1. The number of para-hydroxylation sites is 1. The van der Waals surface area contributed by atoms with Crippen molar-refractivity contribution in [2.75, 3.05) is 18.4 Å². The smallest absolute Gasteiger partial charge is 0.243 e. The van der Waals surface area contributed by atoms with E-state index >= 15 is 0 Å². The van der Waals surface area contributed by atoms with Crippen LogP contribution in [0.5, 0.6) is 0 Å². The molecule has 144 valence electrons. The first-order valence-electron chi connectivity index (χ1n) is 8.92. The standard InChI is InChI=1S/C20H23FN2O3S/c1-14-5-3-4-6-18(14)22-20(24)16-9-11-23(12-10-16)27(25,26)19-8-7-17(21)13-15(19)2/h3-8,13,16H,9-12H2,1-2H3,(H,22,24). The summed E-state index contributed by atoms with van der Waals surface area (Å²) in [6, 6.07) is 11.2. The number of anilines is 1. The van der Waals surface area contributed by atoms with Crippen molar-refractivity contribution in [1.29, 1.82) is 0 Å². The maximum atomic E-state index is 13.3. The second-order valence-electron chi connectivity index (χ2n) is 6.89. The van der Waals surface area contributed by atoms with E-state index in [0.717, 1.165) is 17.3 Å². The van der Waals surface area contributed by atoms with E-state index in [9.17, 15) is 17.6 Å². The fourth-order valence-corrected chi connectivity index (χ4v) is 5.02. The number of nitrogens with one attached hydrogen (secondary N) is 1. The van der Waals surface area contributed by atoms with Gasteiger partial charge in [0.2, 0.25) is 15.9 Å². The number of amides is 1. The minimum absolute atomic E-state index is 0.0840. The zero-order chi connectivity index (χ0) is 19.6. The number of halogens is 1. The average Bonchev–Trinajstić information content (AvgIpc) is 2.63. The second-order valence-corrected chi connectivity index (χ2v) is 8.80. The van der Waals surface area contributed by atoms with Crippen LogP contribution < -0.4 is 5.32 Å². The summed E-state index contributed by atoms with van der Waals surface area (Å²) in [5, 5.41) is 2.93. The lowest BCUT2D eigenvalue weighted by atomic mass is 9.97. The molecule has 0 spiro atoms. The molecule has 0 unspecified atom stereocenters. The molecule has 2 aromatic carbocycles. The van der Waals surface area contributed by atoms with Crippen molar-refractivity contribution in [2.45, 2.75) is 31.6 Å². The molecule has 1 amide bonds. The van der Waals surface area contributed by atoms with E-state index in [2.05, 4.69) is 5.32 Å². The van der Waals surface area contributed by atoms with Gasteiger partial charge in [0, 0.05) is 24.7 Å². The van der Waals surface area contributed by atoms with Crippen LogP contribution in [-0.4, -0.2) is 31.7 Å². The predicted molar refractivity (Wildman–Crippen MR) is 102 cm³/mol. The third kappa shape index (κ3) is 4.20. The lowest BCUT2D eigenvalue weighted by molar-refractivity contribution is -0.120. The Hall–Kier alpha value is -2.25. The number of rotatable bonds is 4. The summed E-state index contributed by atoms with van der Waals surface area (Å²) >= 11 is 0. The molecule has 0 aliphatic carbocycles. The van der Waals surface area contributed by atoms with E-state index in [1.54, 1.807) is 6.92 Å². The minimum atomic E-state index is -3.69. The Balaban J connectivity index is 1.66. The molecule has 1 saturated heterocycles. The molecule has 0 radical (unpaired) electrons. The van der Waals surface area contributed by atoms with Crippen LogP contribution >= 0.6 is 0 Å². The largest absolute Gasteiger partial charge is 0.326 e. The highest BCUT2D eigenvalue weighted by Crippen LogP contribution is 2.27. The molecule has 2 aromatic rings. The Labute approximate surface area is 159 Å². The molecular formula is C20H23FN2O3S. The third-order valence-corrected chi connectivity index (χ3v) is 7.04. The minimum Gasteiger partial charge on any atom is -0.326 e. The van der Waals surface area contributed by atoms with Crippen molar-refractivity contribution < 1.29 is 17.6 Å². The number of benzene rings is 2. The zero-order valence-corrected chi connectivity index (χ0v) is 16.2. The monoisotopic (exact) mass is 390 g/mol. The van der Waals surface area contributed by atoms with Gasteiger partial charge in [0.15, 0.2) is 0 Å². The lowest BCUT2D eigenvalue weighted by Crippen LogP contribution is -2.41. The number of hydrogen-bond donors (Lipinski definition) is 1. The molecule has 1 N–H and O–H groups in total. The van der Waals surface area contributed by atoms with Gasteiger partial charge in [0.1, 0.15) is 5.82 Å². The number of nitrogens with zero attached hydrogens (tertiary/aromatic N) is 1.